The van der Waals surface area contributed by atoms with Crippen molar-refractivity contribution < 1.29 is 0 Å². The molecule has 2 aliphatic rings. The smallest absolute Gasteiger partial charge is 0.0150 e. The highest BCUT2D eigenvalue weighted by Gasteiger charge is 2.47. The Bertz CT molecular complexity index is 162. The van der Waals surface area contributed by atoms with Crippen molar-refractivity contribution in [2.45, 2.75) is 39.7 Å². The van der Waals surface area contributed by atoms with Crippen molar-refractivity contribution >= 4 is 0 Å². The Balaban J connectivity index is 2.20. The van der Waals surface area contributed by atoms with Crippen LogP contribution < -0.4 is 0 Å². The second kappa shape index (κ2) is 2.22. The molecule has 0 N–H and O–H groups in total. The summed E-state index contributed by atoms with van der Waals surface area (Å²) in [6, 6.07) is 0.900. The van der Waals surface area contributed by atoms with E-state index in [0.717, 1.165) is 12.0 Å². The largest absolute Gasteiger partial charge is 0.300 e. The Kier molecular flexibility index (Phi) is 1.54. The zero-order valence-electron chi connectivity index (χ0n) is 7.93. The molecule has 0 aromatic rings. The summed E-state index contributed by atoms with van der Waals surface area (Å²) < 4.78 is 0. The molecule has 0 spiro atoms. The molecule has 2 aliphatic heterocycles. The molecule has 0 bridgehead atoms. The van der Waals surface area contributed by atoms with E-state index in [1.165, 1.54) is 25.9 Å². The van der Waals surface area contributed by atoms with Gasteiger partial charge in [0.25, 0.3) is 0 Å². The first-order valence-corrected chi connectivity index (χ1v) is 4.86. The Morgan fingerprint density at radius 2 is 2.09 bits per heavy atom. The van der Waals surface area contributed by atoms with Gasteiger partial charge in [-0.3, -0.25) is 4.90 Å². The molecule has 2 fully saturated rings. The van der Waals surface area contributed by atoms with Gasteiger partial charge < -0.3 is 0 Å². The fourth-order valence-electron chi connectivity index (χ4n) is 2.80. The molecular formula is C10H19N. The van der Waals surface area contributed by atoms with Crippen LogP contribution in [0.2, 0.25) is 0 Å². The molecule has 0 aromatic carbocycles. The molecule has 0 unspecified atom stereocenters. The van der Waals surface area contributed by atoms with Crippen molar-refractivity contribution in [2.75, 3.05) is 13.1 Å². The molecule has 0 aromatic heterocycles. The van der Waals surface area contributed by atoms with Crippen LogP contribution in [0, 0.1) is 11.3 Å². The lowest BCUT2D eigenvalue weighted by atomic mass is 9.77. The quantitative estimate of drug-likeness (QED) is 0.515. The van der Waals surface area contributed by atoms with Crippen LogP contribution in [0.15, 0.2) is 0 Å². The molecule has 2 rings (SSSR count). The van der Waals surface area contributed by atoms with E-state index in [-0.39, 0.29) is 0 Å². The van der Waals surface area contributed by atoms with E-state index in [9.17, 15) is 0 Å². The van der Waals surface area contributed by atoms with E-state index in [0.29, 0.717) is 5.41 Å². The SMILES string of the molecule is C[C@H]1CN2CCC[C@@H]2C1(C)C. The molecule has 2 heterocycles. The van der Waals surface area contributed by atoms with Crippen LogP contribution in [-0.2, 0) is 0 Å². The molecule has 64 valence electrons. The third kappa shape index (κ3) is 0.936. The topological polar surface area (TPSA) is 3.24 Å². The fourth-order valence-corrected chi connectivity index (χ4v) is 2.80. The van der Waals surface area contributed by atoms with Gasteiger partial charge in [0.15, 0.2) is 0 Å². The van der Waals surface area contributed by atoms with Gasteiger partial charge in [-0.1, -0.05) is 20.8 Å². The van der Waals surface area contributed by atoms with Crippen LogP contribution in [0.4, 0.5) is 0 Å². The molecule has 2 atom stereocenters. The van der Waals surface area contributed by atoms with Crippen molar-refractivity contribution in [3.8, 4) is 0 Å². The van der Waals surface area contributed by atoms with Gasteiger partial charge in [-0.15, -0.1) is 0 Å². The number of hydrogen-bond donors (Lipinski definition) is 0. The van der Waals surface area contributed by atoms with E-state index in [2.05, 4.69) is 25.7 Å². The van der Waals surface area contributed by atoms with Crippen molar-refractivity contribution in [3.63, 3.8) is 0 Å². The standard InChI is InChI=1S/C10H19N/c1-8-7-11-6-4-5-9(11)10(8,2)3/h8-9H,4-7H2,1-3H3/t8-,9+/m0/s1. The van der Waals surface area contributed by atoms with Gasteiger partial charge in [0.05, 0.1) is 0 Å². The van der Waals surface area contributed by atoms with Gasteiger partial charge >= 0.3 is 0 Å². The van der Waals surface area contributed by atoms with Crippen molar-refractivity contribution in [2.24, 2.45) is 11.3 Å². The Morgan fingerprint density at radius 3 is 2.73 bits per heavy atom. The van der Waals surface area contributed by atoms with E-state index in [1.54, 1.807) is 0 Å². The lowest BCUT2D eigenvalue weighted by Crippen LogP contribution is -2.31. The van der Waals surface area contributed by atoms with Crippen LogP contribution >= 0.6 is 0 Å². The van der Waals surface area contributed by atoms with Gasteiger partial charge in [-0.2, -0.15) is 0 Å². The zero-order chi connectivity index (χ0) is 8.06. The summed E-state index contributed by atoms with van der Waals surface area (Å²) in [4.78, 5) is 2.69. The maximum absolute atomic E-state index is 2.69. The minimum absolute atomic E-state index is 0.580. The van der Waals surface area contributed by atoms with Gasteiger partial charge in [0.2, 0.25) is 0 Å². The maximum atomic E-state index is 2.69. The lowest BCUT2D eigenvalue weighted by molar-refractivity contribution is 0.210. The number of hydrogen-bond acceptors (Lipinski definition) is 1. The van der Waals surface area contributed by atoms with Gasteiger partial charge in [0.1, 0.15) is 0 Å². The van der Waals surface area contributed by atoms with E-state index >= 15 is 0 Å². The summed E-state index contributed by atoms with van der Waals surface area (Å²) in [5.41, 5.74) is 0.580. The number of rotatable bonds is 0. The predicted molar refractivity (Wildman–Crippen MR) is 47.5 cm³/mol. The average molecular weight is 153 g/mol. The summed E-state index contributed by atoms with van der Waals surface area (Å²) in [5.74, 6) is 0.896. The third-order valence-electron chi connectivity index (χ3n) is 4.00. The molecule has 0 amide bonds. The zero-order valence-corrected chi connectivity index (χ0v) is 7.93. The Morgan fingerprint density at radius 1 is 1.36 bits per heavy atom. The Hall–Kier alpha value is -0.0400. The highest BCUT2D eigenvalue weighted by atomic mass is 15.2. The summed E-state index contributed by atoms with van der Waals surface area (Å²) in [6.45, 7) is 9.98. The minimum atomic E-state index is 0.580. The van der Waals surface area contributed by atoms with Crippen molar-refractivity contribution in [1.82, 2.24) is 4.90 Å². The van der Waals surface area contributed by atoms with E-state index in [1.807, 2.05) is 0 Å². The second-order valence-electron chi connectivity index (χ2n) is 4.88. The lowest BCUT2D eigenvalue weighted by Gasteiger charge is -2.29. The molecule has 1 nitrogen and oxygen atoms in total. The molecule has 11 heavy (non-hydrogen) atoms. The number of nitrogens with zero attached hydrogens (tertiary/aromatic N) is 1. The van der Waals surface area contributed by atoms with Gasteiger partial charge in [-0.05, 0) is 30.7 Å². The second-order valence-corrected chi connectivity index (χ2v) is 4.88. The van der Waals surface area contributed by atoms with Gasteiger partial charge in [-0.25, -0.2) is 0 Å². The molecule has 0 aliphatic carbocycles. The molecule has 1 heteroatoms. The third-order valence-corrected chi connectivity index (χ3v) is 4.00. The summed E-state index contributed by atoms with van der Waals surface area (Å²) in [5, 5.41) is 0. The monoisotopic (exact) mass is 153 g/mol. The first kappa shape index (κ1) is 7.60. The highest BCUT2D eigenvalue weighted by Crippen LogP contribution is 2.45. The minimum Gasteiger partial charge on any atom is -0.300 e. The predicted octanol–water partition coefficient (Wildman–Crippen LogP) is 2.13. The first-order chi connectivity index (χ1) is 5.12. The maximum Gasteiger partial charge on any atom is 0.0150 e. The van der Waals surface area contributed by atoms with E-state index < -0.39 is 0 Å². The normalized spacial score (nSPS) is 42.8. The van der Waals surface area contributed by atoms with Crippen molar-refractivity contribution in [3.05, 3.63) is 0 Å². The average Bonchev–Trinajstić information content (AvgIpc) is 2.41. The van der Waals surface area contributed by atoms with Crippen LogP contribution in [-0.4, -0.2) is 24.0 Å². The summed E-state index contributed by atoms with van der Waals surface area (Å²) in [6.07, 6.45) is 2.87. The summed E-state index contributed by atoms with van der Waals surface area (Å²) >= 11 is 0. The van der Waals surface area contributed by atoms with Crippen LogP contribution in [0.3, 0.4) is 0 Å². The molecule has 0 radical (unpaired) electrons. The highest BCUT2D eigenvalue weighted by molar-refractivity contribution is 5.00. The van der Waals surface area contributed by atoms with Crippen LogP contribution in [0.5, 0.6) is 0 Å². The van der Waals surface area contributed by atoms with Crippen LogP contribution in [0.25, 0.3) is 0 Å². The van der Waals surface area contributed by atoms with Crippen LogP contribution in [0.1, 0.15) is 33.6 Å². The molecule has 2 saturated heterocycles. The summed E-state index contributed by atoms with van der Waals surface area (Å²) in [7, 11) is 0. The Labute approximate surface area is 69.8 Å². The fraction of sp³-hybridized carbons (Fsp3) is 1.00. The number of fused-ring (bicyclic) bond motifs is 1. The first-order valence-electron chi connectivity index (χ1n) is 4.86. The van der Waals surface area contributed by atoms with Crippen molar-refractivity contribution in [1.29, 1.82) is 0 Å². The molecular weight excluding hydrogens is 134 g/mol. The molecule has 0 saturated carbocycles. The van der Waals surface area contributed by atoms with E-state index in [4.69, 9.17) is 0 Å². The van der Waals surface area contributed by atoms with Gasteiger partial charge in [0, 0.05) is 12.6 Å².